The van der Waals surface area contributed by atoms with E-state index in [0.717, 1.165) is 6.42 Å². The molecule has 0 spiro atoms. The number of anilines is 1. The van der Waals surface area contributed by atoms with Gasteiger partial charge in [0, 0.05) is 11.7 Å². The minimum Gasteiger partial charge on any atom is -0.398 e. The summed E-state index contributed by atoms with van der Waals surface area (Å²) in [5, 5.41) is 2.94. The van der Waals surface area contributed by atoms with Gasteiger partial charge in [0.15, 0.2) is 0 Å². The van der Waals surface area contributed by atoms with Crippen LogP contribution in [0.2, 0.25) is 0 Å². The van der Waals surface area contributed by atoms with Crippen molar-refractivity contribution in [3.63, 3.8) is 0 Å². The average molecular weight is 190 g/mol. The van der Waals surface area contributed by atoms with Gasteiger partial charge in [-0.15, -0.1) is 0 Å². The molecule has 0 radical (unpaired) electrons. The van der Waals surface area contributed by atoms with E-state index in [2.05, 4.69) is 12.2 Å². The molecule has 0 aromatic heterocycles. The Labute approximate surface area is 83.3 Å². The number of hydrogen-bond donors (Lipinski definition) is 2. The molecule has 2 unspecified atom stereocenters. The molecule has 0 heterocycles. The molecule has 1 aliphatic rings. The van der Waals surface area contributed by atoms with Crippen molar-refractivity contribution in [2.24, 2.45) is 5.92 Å². The minimum absolute atomic E-state index is 0.0579. The molecule has 0 saturated heterocycles. The zero-order valence-electron chi connectivity index (χ0n) is 8.16. The van der Waals surface area contributed by atoms with Gasteiger partial charge in [0.05, 0.1) is 5.56 Å². The summed E-state index contributed by atoms with van der Waals surface area (Å²) < 4.78 is 0. The molecule has 1 aliphatic carbocycles. The molecule has 2 rings (SSSR count). The molecular weight excluding hydrogens is 176 g/mol. The van der Waals surface area contributed by atoms with Crippen LogP contribution in [-0.4, -0.2) is 11.9 Å². The second-order valence-corrected chi connectivity index (χ2v) is 3.88. The predicted octanol–water partition coefficient (Wildman–Crippen LogP) is 1.41. The highest BCUT2D eigenvalue weighted by Gasteiger charge is 2.34. The van der Waals surface area contributed by atoms with Crippen molar-refractivity contribution in [1.29, 1.82) is 0 Å². The maximum atomic E-state index is 11.7. The standard InChI is InChI=1S/C11H14N2O/c1-7-6-10(7)13-11(14)8-4-2-3-5-9(8)12/h2-5,7,10H,6,12H2,1H3,(H,13,14). The van der Waals surface area contributed by atoms with Gasteiger partial charge >= 0.3 is 0 Å². The molecule has 14 heavy (non-hydrogen) atoms. The first-order valence-electron chi connectivity index (χ1n) is 4.84. The zero-order chi connectivity index (χ0) is 10.1. The Balaban J connectivity index is 2.07. The Morgan fingerprint density at radius 2 is 2.14 bits per heavy atom. The fourth-order valence-electron chi connectivity index (χ4n) is 1.47. The number of para-hydroxylation sites is 1. The lowest BCUT2D eigenvalue weighted by Gasteiger charge is -2.05. The van der Waals surface area contributed by atoms with Crippen molar-refractivity contribution >= 4 is 11.6 Å². The Kier molecular flexibility index (Phi) is 2.15. The summed E-state index contributed by atoms with van der Waals surface area (Å²) in [4.78, 5) is 11.7. The fraction of sp³-hybridized carbons (Fsp3) is 0.364. The van der Waals surface area contributed by atoms with Crippen LogP contribution in [0.5, 0.6) is 0 Å². The van der Waals surface area contributed by atoms with Crippen molar-refractivity contribution in [3.05, 3.63) is 29.8 Å². The molecule has 0 bridgehead atoms. The van der Waals surface area contributed by atoms with E-state index >= 15 is 0 Å². The van der Waals surface area contributed by atoms with Crippen molar-refractivity contribution < 1.29 is 4.79 Å². The number of nitrogen functional groups attached to an aromatic ring is 1. The maximum Gasteiger partial charge on any atom is 0.253 e. The number of nitrogens with one attached hydrogen (secondary N) is 1. The first kappa shape index (κ1) is 9.06. The number of carbonyl (C=O) groups excluding carboxylic acids is 1. The number of rotatable bonds is 2. The van der Waals surface area contributed by atoms with Crippen molar-refractivity contribution in [2.45, 2.75) is 19.4 Å². The quantitative estimate of drug-likeness (QED) is 0.693. The minimum atomic E-state index is -0.0579. The molecule has 74 valence electrons. The van der Waals surface area contributed by atoms with E-state index in [4.69, 9.17) is 5.73 Å². The molecule has 1 aromatic carbocycles. The Morgan fingerprint density at radius 3 is 2.71 bits per heavy atom. The monoisotopic (exact) mass is 190 g/mol. The fourth-order valence-corrected chi connectivity index (χ4v) is 1.47. The molecule has 1 aromatic rings. The normalized spacial score (nSPS) is 24.4. The van der Waals surface area contributed by atoms with Gasteiger partial charge in [-0.25, -0.2) is 0 Å². The second-order valence-electron chi connectivity index (χ2n) is 3.88. The number of nitrogens with two attached hydrogens (primary N) is 1. The van der Waals surface area contributed by atoms with Crippen LogP contribution in [-0.2, 0) is 0 Å². The van der Waals surface area contributed by atoms with E-state index in [1.54, 1.807) is 12.1 Å². The van der Waals surface area contributed by atoms with Crippen molar-refractivity contribution in [2.75, 3.05) is 5.73 Å². The summed E-state index contributed by atoms with van der Waals surface area (Å²) >= 11 is 0. The van der Waals surface area contributed by atoms with E-state index in [1.807, 2.05) is 12.1 Å². The van der Waals surface area contributed by atoms with Crippen LogP contribution in [0, 0.1) is 5.92 Å². The molecule has 1 amide bonds. The SMILES string of the molecule is CC1CC1NC(=O)c1ccccc1N. The third-order valence-electron chi connectivity index (χ3n) is 2.63. The van der Waals surface area contributed by atoms with Gasteiger partial charge in [0.25, 0.3) is 5.91 Å². The molecular formula is C11H14N2O. The topological polar surface area (TPSA) is 55.1 Å². The van der Waals surface area contributed by atoms with Crippen LogP contribution in [0.4, 0.5) is 5.69 Å². The lowest BCUT2D eigenvalue weighted by molar-refractivity contribution is 0.0950. The summed E-state index contributed by atoms with van der Waals surface area (Å²) in [6.07, 6.45) is 1.08. The van der Waals surface area contributed by atoms with Crippen LogP contribution in [0.1, 0.15) is 23.7 Å². The van der Waals surface area contributed by atoms with E-state index in [0.29, 0.717) is 23.2 Å². The molecule has 2 atom stereocenters. The summed E-state index contributed by atoms with van der Waals surface area (Å²) in [6.45, 7) is 2.12. The van der Waals surface area contributed by atoms with Gasteiger partial charge in [0.2, 0.25) is 0 Å². The first-order chi connectivity index (χ1) is 6.68. The Hall–Kier alpha value is -1.51. The van der Waals surface area contributed by atoms with Crippen LogP contribution in [0.3, 0.4) is 0 Å². The second kappa shape index (κ2) is 3.33. The van der Waals surface area contributed by atoms with E-state index in [1.165, 1.54) is 0 Å². The van der Waals surface area contributed by atoms with Gasteiger partial charge in [-0.2, -0.15) is 0 Å². The van der Waals surface area contributed by atoms with Gasteiger partial charge in [-0.1, -0.05) is 19.1 Å². The molecule has 0 aliphatic heterocycles. The highest BCUT2D eigenvalue weighted by molar-refractivity contribution is 5.99. The number of hydrogen-bond acceptors (Lipinski definition) is 2. The van der Waals surface area contributed by atoms with Gasteiger partial charge in [-0.05, 0) is 24.5 Å². The Bertz CT molecular complexity index is 362. The summed E-state index contributed by atoms with van der Waals surface area (Å²) in [6, 6.07) is 7.48. The van der Waals surface area contributed by atoms with Crippen LogP contribution in [0.25, 0.3) is 0 Å². The number of amides is 1. The smallest absolute Gasteiger partial charge is 0.253 e. The first-order valence-corrected chi connectivity index (χ1v) is 4.84. The number of carbonyl (C=O) groups is 1. The lowest BCUT2D eigenvalue weighted by Crippen LogP contribution is -2.27. The highest BCUT2D eigenvalue weighted by atomic mass is 16.1. The van der Waals surface area contributed by atoms with E-state index in [9.17, 15) is 4.79 Å². The Morgan fingerprint density at radius 1 is 1.50 bits per heavy atom. The largest absolute Gasteiger partial charge is 0.398 e. The van der Waals surface area contributed by atoms with Gasteiger partial charge < -0.3 is 11.1 Å². The van der Waals surface area contributed by atoms with Crippen LogP contribution >= 0.6 is 0 Å². The van der Waals surface area contributed by atoms with Crippen molar-refractivity contribution in [1.82, 2.24) is 5.32 Å². The van der Waals surface area contributed by atoms with Crippen LogP contribution in [0.15, 0.2) is 24.3 Å². The summed E-state index contributed by atoms with van der Waals surface area (Å²) in [5.41, 5.74) is 6.81. The molecule has 3 heteroatoms. The molecule has 1 fully saturated rings. The predicted molar refractivity (Wildman–Crippen MR) is 55.9 cm³/mol. The van der Waals surface area contributed by atoms with Crippen molar-refractivity contribution in [3.8, 4) is 0 Å². The highest BCUT2D eigenvalue weighted by Crippen LogP contribution is 2.29. The van der Waals surface area contributed by atoms with Crippen LogP contribution < -0.4 is 11.1 Å². The van der Waals surface area contributed by atoms with E-state index in [-0.39, 0.29) is 5.91 Å². The third-order valence-corrected chi connectivity index (χ3v) is 2.63. The van der Waals surface area contributed by atoms with Gasteiger partial charge in [0.1, 0.15) is 0 Å². The van der Waals surface area contributed by atoms with Gasteiger partial charge in [-0.3, -0.25) is 4.79 Å². The zero-order valence-corrected chi connectivity index (χ0v) is 8.16. The maximum absolute atomic E-state index is 11.7. The third kappa shape index (κ3) is 1.71. The number of benzene rings is 1. The summed E-state index contributed by atoms with van der Waals surface area (Å²) in [5.74, 6) is 0.557. The van der Waals surface area contributed by atoms with E-state index < -0.39 is 0 Å². The molecule has 3 N–H and O–H groups in total. The lowest BCUT2D eigenvalue weighted by atomic mass is 10.1. The molecule has 3 nitrogen and oxygen atoms in total. The average Bonchev–Trinajstić information content (AvgIpc) is 2.82. The summed E-state index contributed by atoms with van der Waals surface area (Å²) in [7, 11) is 0. The molecule has 1 saturated carbocycles.